The molecular weight excluding hydrogens is 661 g/mol. The molecule has 1 unspecified atom stereocenters. The van der Waals surface area contributed by atoms with Crippen LogP contribution in [0.5, 0.6) is 0 Å². The lowest BCUT2D eigenvalue weighted by Crippen LogP contribution is -2.30. The van der Waals surface area contributed by atoms with Gasteiger partial charge in [0.1, 0.15) is 13.2 Å². The maximum atomic E-state index is 12.7. The number of carbonyl (C=O) groups excluding carboxylic acids is 3. The first kappa shape index (κ1) is 51.4. The molecule has 0 rings (SSSR count). The van der Waals surface area contributed by atoms with Crippen molar-refractivity contribution < 1.29 is 28.6 Å². The van der Waals surface area contributed by atoms with Gasteiger partial charge in [0.15, 0.2) is 6.10 Å². The molecule has 0 spiro atoms. The molecule has 314 valence electrons. The van der Waals surface area contributed by atoms with E-state index in [1.54, 1.807) is 0 Å². The van der Waals surface area contributed by atoms with E-state index >= 15 is 0 Å². The smallest absolute Gasteiger partial charge is 0.306 e. The van der Waals surface area contributed by atoms with E-state index in [4.69, 9.17) is 14.2 Å². The third kappa shape index (κ3) is 41.4. The number of hydrogen-bond acceptors (Lipinski definition) is 6. The Morgan fingerprint density at radius 2 is 0.509 bits per heavy atom. The van der Waals surface area contributed by atoms with Crippen LogP contribution in [0.1, 0.15) is 265 Å². The first-order chi connectivity index (χ1) is 26.0. The van der Waals surface area contributed by atoms with E-state index in [1.165, 1.54) is 167 Å². The molecule has 0 aromatic carbocycles. The van der Waals surface area contributed by atoms with Gasteiger partial charge in [-0.15, -0.1) is 0 Å². The van der Waals surface area contributed by atoms with E-state index in [0.29, 0.717) is 19.3 Å². The molecule has 6 heteroatoms. The summed E-state index contributed by atoms with van der Waals surface area (Å²) in [6.45, 7) is 6.62. The fourth-order valence-electron chi connectivity index (χ4n) is 7.03. The highest BCUT2D eigenvalue weighted by atomic mass is 16.6. The summed E-state index contributed by atoms with van der Waals surface area (Å²) in [5.41, 5.74) is 0. The molecule has 0 fully saturated rings. The van der Waals surface area contributed by atoms with Crippen molar-refractivity contribution in [2.75, 3.05) is 13.2 Å². The average Bonchev–Trinajstić information content (AvgIpc) is 3.15. The first-order valence-electron chi connectivity index (χ1n) is 23.5. The number of hydrogen-bond donors (Lipinski definition) is 0. The van der Waals surface area contributed by atoms with Crippen molar-refractivity contribution in [3.63, 3.8) is 0 Å². The van der Waals surface area contributed by atoms with Crippen LogP contribution in [0.4, 0.5) is 0 Å². The Morgan fingerprint density at radius 3 is 0.755 bits per heavy atom. The minimum absolute atomic E-state index is 0.0629. The van der Waals surface area contributed by atoms with Crippen LogP contribution in [0.15, 0.2) is 0 Å². The molecule has 0 aromatic heterocycles. The van der Waals surface area contributed by atoms with Crippen LogP contribution in [-0.4, -0.2) is 37.2 Å². The molecule has 0 aromatic rings. The van der Waals surface area contributed by atoms with Gasteiger partial charge in [0.05, 0.1) is 0 Å². The number of unbranched alkanes of at least 4 members (excludes halogenated alkanes) is 32. The van der Waals surface area contributed by atoms with Gasteiger partial charge >= 0.3 is 17.9 Å². The normalized spacial score (nSPS) is 11.8. The Morgan fingerprint density at radius 1 is 0.302 bits per heavy atom. The molecule has 0 radical (unpaired) electrons. The van der Waals surface area contributed by atoms with Gasteiger partial charge in [-0.3, -0.25) is 14.4 Å². The van der Waals surface area contributed by atoms with Crippen LogP contribution < -0.4 is 0 Å². The molecule has 0 aliphatic heterocycles. The van der Waals surface area contributed by atoms with E-state index in [0.717, 1.165) is 57.8 Å². The molecule has 0 aliphatic rings. The van der Waals surface area contributed by atoms with Gasteiger partial charge in [-0.1, -0.05) is 226 Å². The van der Waals surface area contributed by atoms with Crippen molar-refractivity contribution in [1.82, 2.24) is 0 Å². The van der Waals surface area contributed by atoms with Crippen LogP contribution >= 0.6 is 0 Å². The fraction of sp³-hybridized carbons (Fsp3) is 0.936. The van der Waals surface area contributed by atoms with Crippen molar-refractivity contribution in [2.45, 2.75) is 271 Å². The molecule has 0 saturated carbocycles. The van der Waals surface area contributed by atoms with Gasteiger partial charge < -0.3 is 14.2 Å². The zero-order chi connectivity index (χ0) is 38.7. The van der Waals surface area contributed by atoms with E-state index in [9.17, 15) is 14.4 Å². The Balaban J connectivity index is 4.23. The van der Waals surface area contributed by atoms with Crippen LogP contribution in [-0.2, 0) is 28.6 Å². The van der Waals surface area contributed by atoms with Gasteiger partial charge in [-0.2, -0.15) is 0 Å². The SMILES string of the molecule is CCCCCCCCCCCCCCCCCC(=O)OCC(COC(=O)CCCCCCCCC)OC(=O)CCCCCCCCCCCCCCC. The van der Waals surface area contributed by atoms with Gasteiger partial charge in [-0.05, 0) is 19.3 Å². The molecule has 0 N–H and O–H groups in total. The predicted molar refractivity (Wildman–Crippen MR) is 224 cm³/mol. The Kier molecular flexibility index (Phi) is 41.8. The molecule has 0 saturated heterocycles. The Bertz CT molecular complexity index is 783. The molecule has 53 heavy (non-hydrogen) atoms. The molecule has 0 heterocycles. The summed E-state index contributed by atoms with van der Waals surface area (Å²) in [7, 11) is 0. The summed E-state index contributed by atoms with van der Waals surface area (Å²) in [5, 5.41) is 0. The standard InChI is InChI=1S/C47H90O6/c1-4-7-10-13-16-18-20-22-23-25-26-28-31-34-37-40-46(49)52-43-44(42-51-45(48)39-36-33-30-15-12-9-6-3)53-47(50)41-38-35-32-29-27-24-21-19-17-14-11-8-5-2/h44H,4-43H2,1-3H3. The van der Waals surface area contributed by atoms with Crippen molar-refractivity contribution in [2.24, 2.45) is 0 Å². The number of rotatable bonds is 43. The topological polar surface area (TPSA) is 78.9 Å². The largest absolute Gasteiger partial charge is 0.462 e. The monoisotopic (exact) mass is 751 g/mol. The first-order valence-corrected chi connectivity index (χ1v) is 23.5. The van der Waals surface area contributed by atoms with Gasteiger partial charge in [0, 0.05) is 19.3 Å². The van der Waals surface area contributed by atoms with Crippen LogP contribution in [0.2, 0.25) is 0 Å². The number of esters is 3. The maximum absolute atomic E-state index is 12.7. The van der Waals surface area contributed by atoms with Gasteiger partial charge in [0.25, 0.3) is 0 Å². The molecule has 1 atom stereocenters. The minimum Gasteiger partial charge on any atom is -0.462 e. The van der Waals surface area contributed by atoms with E-state index in [2.05, 4.69) is 20.8 Å². The molecule has 0 bridgehead atoms. The number of ether oxygens (including phenoxy) is 3. The summed E-state index contributed by atoms with van der Waals surface area (Å²) in [6.07, 6.45) is 43.8. The molecule has 0 aliphatic carbocycles. The van der Waals surface area contributed by atoms with Crippen molar-refractivity contribution in [3.05, 3.63) is 0 Å². The molecule has 6 nitrogen and oxygen atoms in total. The second-order valence-electron chi connectivity index (χ2n) is 16.0. The van der Waals surface area contributed by atoms with E-state index in [1.807, 2.05) is 0 Å². The van der Waals surface area contributed by atoms with Gasteiger partial charge in [0.2, 0.25) is 0 Å². The zero-order valence-electron chi connectivity index (χ0n) is 35.8. The summed E-state index contributed by atoms with van der Waals surface area (Å²) in [4.78, 5) is 37.6. The predicted octanol–water partition coefficient (Wildman–Crippen LogP) is 14.9. The highest BCUT2D eigenvalue weighted by molar-refractivity contribution is 5.71. The summed E-state index contributed by atoms with van der Waals surface area (Å²) < 4.78 is 16.7. The summed E-state index contributed by atoms with van der Waals surface area (Å²) in [6, 6.07) is 0. The fourth-order valence-corrected chi connectivity index (χ4v) is 7.03. The maximum Gasteiger partial charge on any atom is 0.306 e. The lowest BCUT2D eigenvalue weighted by atomic mass is 10.0. The second-order valence-corrected chi connectivity index (χ2v) is 16.0. The second kappa shape index (κ2) is 43.1. The Labute approximate surface area is 329 Å². The molecule has 0 amide bonds. The highest BCUT2D eigenvalue weighted by Crippen LogP contribution is 2.16. The number of carbonyl (C=O) groups is 3. The summed E-state index contributed by atoms with van der Waals surface area (Å²) >= 11 is 0. The van der Waals surface area contributed by atoms with Crippen molar-refractivity contribution in [1.29, 1.82) is 0 Å². The van der Waals surface area contributed by atoms with E-state index in [-0.39, 0.29) is 31.1 Å². The highest BCUT2D eigenvalue weighted by Gasteiger charge is 2.19. The van der Waals surface area contributed by atoms with Crippen LogP contribution in [0.3, 0.4) is 0 Å². The van der Waals surface area contributed by atoms with Crippen LogP contribution in [0, 0.1) is 0 Å². The zero-order valence-corrected chi connectivity index (χ0v) is 35.8. The summed E-state index contributed by atoms with van der Waals surface area (Å²) in [5.74, 6) is -0.855. The molecular formula is C47H90O6. The van der Waals surface area contributed by atoms with Gasteiger partial charge in [-0.25, -0.2) is 0 Å². The lowest BCUT2D eigenvalue weighted by Gasteiger charge is -2.18. The van der Waals surface area contributed by atoms with E-state index < -0.39 is 6.10 Å². The van der Waals surface area contributed by atoms with Crippen molar-refractivity contribution >= 4 is 17.9 Å². The van der Waals surface area contributed by atoms with Crippen LogP contribution in [0.25, 0.3) is 0 Å². The third-order valence-corrected chi connectivity index (χ3v) is 10.6. The lowest BCUT2D eigenvalue weighted by molar-refractivity contribution is -0.167. The minimum atomic E-state index is -0.757. The quantitative estimate of drug-likeness (QED) is 0.0351. The average molecular weight is 751 g/mol. The Hall–Kier alpha value is -1.59. The van der Waals surface area contributed by atoms with Crippen molar-refractivity contribution in [3.8, 4) is 0 Å². The third-order valence-electron chi connectivity index (χ3n) is 10.6.